The van der Waals surface area contributed by atoms with Crippen molar-refractivity contribution in [1.29, 1.82) is 0 Å². The molecule has 1 rings (SSSR count). The van der Waals surface area contributed by atoms with Gasteiger partial charge in [0.05, 0.1) is 0 Å². The first-order valence-corrected chi connectivity index (χ1v) is 6.11. The van der Waals surface area contributed by atoms with Gasteiger partial charge >= 0.3 is 0 Å². The van der Waals surface area contributed by atoms with Gasteiger partial charge in [-0.25, -0.2) is 0 Å². The van der Waals surface area contributed by atoms with Crippen molar-refractivity contribution in [3.63, 3.8) is 0 Å². The Labute approximate surface area is 114 Å². The van der Waals surface area contributed by atoms with E-state index in [1.54, 1.807) is 32.0 Å². The minimum absolute atomic E-state index is 0.325. The van der Waals surface area contributed by atoms with Crippen LogP contribution >= 0.6 is 28.1 Å². The number of nitrogens with two attached hydrogens (primary N) is 2. The van der Waals surface area contributed by atoms with Crippen molar-refractivity contribution in [2.75, 3.05) is 5.32 Å². The lowest BCUT2D eigenvalue weighted by Gasteiger charge is -2.24. The van der Waals surface area contributed by atoms with Crippen molar-refractivity contribution in [2.24, 2.45) is 11.5 Å². The molecule has 6 heteroatoms. The third-order valence-corrected chi connectivity index (χ3v) is 3.21. The van der Waals surface area contributed by atoms with Crippen LogP contribution in [-0.2, 0) is 4.79 Å². The number of thiocarbonyl (C=S) groups is 1. The van der Waals surface area contributed by atoms with Crippen molar-refractivity contribution in [3.05, 3.63) is 28.2 Å². The molecular formula is C11H14BrN3OS. The molecule has 0 bridgehead atoms. The third-order valence-electron chi connectivity index (χ3n) is 2.32. The second-order valence-electron chi connectivity index (χ2n) is 4.17. The average Bonchev–Trinajstić information content (AvgIpc) is 2.20. The van der Waals surface area contributed by atoms with Crippen molar-refractivity contribution in [1.82, 2.24) is 0 Å². The van der Waals surface area contributed by atoms with Crippen LogP contribution in [0.25, 0.3) is 0 Å². The summed E-state index contributed by atoms with van der Waals surface area (Å²) in [5.74, 6) is -0.428. The minimum atomic E-state index is -0.826. The van der Waals surface area contributed by atoms with Crippen molar-refractivity contribution < 1.29 is 4.79 Å². The van der Waals surface area contributed by atoms with Gasteiger partial charge in [-0.1, -0.05) is 12.2 Å². The predicted octanol–water partition coefficient (Wildman–Crippen LogP) is 1.76. The first-order chi connectivity index (χ1) is 7.74. The summed E-state index contributed by atoms with van der Waals surface area (Å²) < 4.78 is 0.775. The molecular weight excluding hydrogens is 302 g/mol. The maximum Gasteiger partial charge on any atom is 0.242 e. The molecule has 0 aliphatic rings. The summed E-state index contributed by atoms with van der Waals surface area (Å²) in [6.45, 7) is 3.42. The fourth-order valence-electron chi connectivity index (χ4n) is 1.17. The van der Waals surface area contributed by atoms with E-state index in [2.05, 4.69) is 21.2 Å². The zero-order valence-electron chi connectivity index (χ0n) is 9.58. The van der Waals surface area contributed by atoms with E-state index in [-0.39, 0.29) is 0 Å². The standard InChI is InChI=1S/C11H14BrN3OS/c1-11(2,10(14)16)15-8-4-3-6(9(13)17)5-7(8)12/h3-5,15H,1-2H3,(H2,13,17)(H2,14,16). The van der Waals surface area contributed by atoms with E-state index in [0.29, 0.717) is 4.99 Å². The van der Waals surface area contributed by atoms with Crippen molar-refractivity contribution in [3.8, 4) is 0 Å². The normalized spacial score (nSPS) is 11.0. The molecule has 0 heterocycles. The molecule has 0 saturated carbocycles. The summed E-state index contributed by atoms with van der Waals surface area (Å²) in [4.78, 5) is 11.5. The van der Waals surface area contributed by atoms with E-state index >= 15 is 0 Å². The highest BCUT2D eigenvalue weighted by molar-refractivity contribution is 9.10. The monoisotopic (exact) mass is 315 g/mol. The Morgan fingerprint density at radius 1 is 1.41 bits per heavy atom. The molecule has 1 aromatic rings. The molecule has 92 valence electrons. The molecule has 0 fully saturated rings. The largest absolute Gasteiger partial charge is 0.389 e. The number of carbonyl (C=O) groups is 1. The fraction of sp³-hybridized carbons (Fsp3) is 0.273. The quantitative estimate of drug-likeness (QED) is 0.739. The van der Waals surface area contributed by atoms with Gasteiger partial charge in [0.15, 0.2) is 0 Å². The maximum atomic E-state index is 11.2. The summed E-state index contributed by atoms with van der Waals surface area (Å²) in [6, 6.07) is 5.37. The number of amides is 1. The maximum absolute atomic E-state index is 11.2. The highest BCUT2D eigenvalue weighted by Gasteiger charge is 2.25. The number of carbonyl (C=O) groups excluding carboxylic acids is 1. The molecule has 1 aromatic carbocycles. The summed E-state index contributed by atoms with van der Waals surface area (Å²) >= 11 is 8.27. The second-order valence-corrected chi connectivity index (χ2v) is 5.47. The Hall–Kier alpha value is -1.14. The molecule has 0 spiro atoms. The van der Waals surface area contributed by atoms with Crippen LogP contribution in [0.5, 0.6) is 0 Å². The number of primary amides is 1. The Bertz CT molecular complexity index is 474. The Morgan fingerprint density at radius 2 is 2.00 bits per heavy atom. The number of anilines is 1. The lowest BCUT2D eigenvalue weighted by molar-refractivity contribution is -0.121. The van der Waals surface area contributed by atoms with Crippen LogP contribution in [0.4, 0.5) is 5.69 Å². The van der Waals surface area contributed by atoms with Gasteiger partial charge in [-0.3, -0.25) is 4.79 Å². The predicted molar refractivity (Wildman–Crippen MR) is 76.9 cm³/mol. The zero-order valence-corrected chi connectivity index (χ0v) is 12.0. The molecule has 0 aromatic heterocycles. The van der Waals surface area contributed by atoms with Gasteiger partial charge in [0.2, 0.25) is 5.91 Å². The molecule has 0 atom stereocenters. The molecule has 4 nitrogen and oxygen atoms in total. The number of hydrogen-bond donors (Lipinski definition) is 3. The second kappa shape index (κ2) is 5.01. The van der Waals surface area contributed by atoms with Gasteiger partial charge in [-0.15, -0.1) is 0 Å². The van der Waals surface area contributed by atoms with Crippen molar-refractivity contribution >= 4 is 44.7 Å². The molecule has 1 amide bonds. The molecule has 0 aliphatic heterocycles. The Balaban J connectivity index is 3.02. The van der Waals surface area contributed by atoms with Crippen LogP contribution in [0, 0.1) is 0 Å². The first kappa shape index (κ1) is 13.9. The van der Waals surface area contributed by atoms with E-state index in [9.17, 15) is 4.79 Å². The van der Waals surface area contributed by atoms with E-state index in [0.717, 1.165) is 15.7 Å². The van der Waals surface area contributed by atoms with E-state index in [1.807, 2.05) is 0 Å². The molecule has 0 saturated heterocycles. The topological polar surface area (TPSA) is 81.1 Å². The first-order valence-electron chi connectivity index (χ1n) is 4.91. The van der Waals surface area contributed by atoms with Gasteiger partial charge in [0, 0.05) is 15.7 Å². The van der Waals surface area contributed by atoms with Crippen molar-refractivity contribution in [2.45, 2.75) is 19.4 Å². The van der Waals surface area contributed by atoms with Crippen LogP contribution in [-0.4, -0.2) is 16.4 Å². The average molecular weight is 316 g/mol. The Morgan fingerprint density at radius 3 is 2.41 bits per heavy atom. The van der Waals surface area contributed by atoms with Crippen LogP contribution in [0.15, 0.2) is 22.7 Å². The van der Waals surface area contributed by atoms with Gasteiger partial charge in [-0.2, -0.15) is 0 Å². The fourth-order valence-corrected chi connectivity index (χ4v) is 1.77. The van der Waals surface area contributed by atoms with Crippen LogP contribution in [0.2, 0.25) is 0 Å². The lowest BCUT2D eigenvalue weighted by Crippen LogP contribution is -2.45. The number of nitrogens with one attached hydrogen (secondary N) is 1. The summed E-state index contributed by atoms with van der Waals surface area (Å²) in [5, 5.41) is 3.05. The summed E-state index contributed by atoms with van der Waals surface area (Å²) in [7, 11) is 0. The third kappa shape index (κ3) is 3.41. The minimum Gasteiger partial charge on any atom is -0.389 e. The molecule has 0 unspecified atom stereocenters. The van der Waals surface area contributed by atoms with Gasteiger partial charge in [-0.05, 0) is 48.0 Å². The lowest BCUT2D eigenvalue weighted by atomic mass is 10.0. The van der Waals surface area contributed by atoms with E-state index in [1.165, 1.54) is 0 Å². The highest BCUT2D eigenvalue weighted by atomic mass is 79.9. The molecule has 5 N–H and O–H groups in total. The number of hydrogen-bond acceptors (Lipinski definition) is 3. The van der Waals surface area contributed by atoms with E-state index < -0.39 is 11.4 Å². The summed E-state index contributed by atoms with van der Waals surface area (Å²) in [6.07, 6.45) is 0. The van der Waals surface area contributed by atoms with Crippen LogP contribution < -0.4 is 16.8 Å². The number of halogens is 1. The highest BCUT2D eigenvalue weighted by Crippen LogP contribution is 2.26. The number of benzene rings is 1. The van der Waals surface area contributed by atoms with Gasteiger partial charge in [0.1, 0.15) is 10.5 Å². The van der Waals surface area contributed by atoms with Gasteiger partial charge in [0.25, 0.3) is 0 Å². The SMILES string of the molecule is CC(C)(Nc1ccc(C(N)=S)cc1Br)C(N)=O. The molecule has 0 radical (unpaired) electrons. The van der Waals surface area contributed by atoms with Crippen LogP contribution in [0.1, 0.15) is 19.4 Å². The summed E-state index contributed by atoms with van der Waals surface area (Å²) in [5.41, 5.74) is 11.5. The smallest absolute Gasteiger partial charge is 0.242 e. The zero-order chi connectivity index (χ0) is 13.2. The molecule has 0 aliphatic carbocycles. The van der Waals surface area contributed by atoms with Gasteiger partial charge < -0.3 is 16.8 Å². The Kier molecular flexibility index (Phi) is 4.11. The van der Waals surface area contributed by atoms with Crippen LogP contribution in [0.3, 0.4) is 0 Å². The van der Waals surface area contributed by atoms with E-state index in [4.69, 9.17) is 23.7 Å². The molecule has 17 heavy (non-hydrogen) atoms. The number of rotatable bonds is 4.